The first-order valence-electron chi connectivity index (χ1n) is 6.41. The third-order valence-corrected chi connectivity index (χ3v) is 3.21. The second kappa shape index (κ2) is 6.63. The molecule has 1 saturated heterocycles. The number of ketones is 1. The molecule has 2 rings (SSSR count). The van der Waals surface area contributed by atoms with E-state index in [2.05, 4.69) is 4.79 Å². The molecule has 0 unspecified atom stereocenters. The van der Waals surface area contributed by atoms with Crippen LogP contribution in [0.4, 0.5) is 4.79 Å². The zero-order chi connectivity index (χ0) is 14.4. The normalized spacial score (nSPS) is 17.4. The van der Waals surface area contributed by atoms with E-state index < -0.39 is 12.1 Å². The minimum atomic E-state index is -0.589. The maximum atomic E-state index is 12.0. The Morgan fingerprint density at radius 3 is 2.85 bits per heavy atom. The Morgan fingerprint density at radius 2 is 2.15 bits per heavy atom. The Bertz CT molecular complexity index is 538. The van der Waals surface area contributed by atoms with E-state index in [0.29, 0.717) is 13.0 Å². The summed E-state index contributed by atoms with van der Waals surface area (Å²) >= 11 is 0. The topological polar surface area (TPSA) is 83.0 Å². The van der Waals surface area contributed by atoms with Gasteiger partial charge in [-0.25, -0.2) is 4.79 Å². The van der Waals surface area contributed by atoms with Gasteiger partial charge in [-0.05, 0) is 18.4 Å². The van der Waals surface area contributed by atoms with Crippen LogP contribution in [0.25, 0.3) is 5.53 Å². The van der Waals surface area contributed by atoms with Gasteiger partial charge in [-0.1, -0.05) is 30.3 Å². The van der Waals surface area contributed by atoms with Gasteiger partial charge >= 0.3 is 12.3 Å². The van der Waals surface area contributed by atoms with Gasteiger partial charge in [0.1, 0.15) is 12.6 Å². The fraction of sp³-hybridized carbons (Fsp3) is 0.357. The molecule has 6 nitrogen and oxygen atoms in total. The molecule has 1 aromatic rings. The molecule has 104 valence electrons. The number of hydrogen-bond acceptors (Lipinski definition) is 3. The Morgan fingerprint density at radius 1 is 1.40 bits per heavy atom. The summed E-state index contributed by atoms with van der Waals surface area (Å²) in [6.07, 6.45) is 1.60. The number of benzene rings is 1. The van der Waals surface area contributed by atoms with E-state index in [1.807, 2.05) is 30.3 Å². The van der Waals surface area contributed by atoms with Gasteiger partial charge in [-0.3, -0.25) is 9.69 Å². The highest BCUT2D eigenvalue weighted by Gasteiger charge is 2.35. The molecular weight excluding hydrogens is 258 g/mol. The van der Waals surface area contributed by atoms with Crippen LogP contribution in [0, 0.1) is 0 Å². The molecule has 0 spiro atoms. The molecule has 0 aromatic heterocycles. The lowest BCUT2D eigenvalue weighted by Crippen LogP contribution is -2.41. The minimum Gasteiger partial charge on any atom is -0.445 e. The van der Waals surface area contributed by atoms with Crippen LogP contribution in [0.3, 0.4) is 0 Å². The predicted octanol–water partition coefficient (Wildman–Crippen LogP) is 1.66. The van der Waals surface area contributed by atoms with E-state index >= 15 is 0 Å². The van der Waals surface area contributed by atoms with Crippen LogP contribution in [0.5, 0.6) is 0 Å². The molecule has 1 aromatic carbocycles. The van der Waals surface area contributed by atoms with Crippen molar-refractivity contribution in [1.82, 2.24) is 4.90 Å². The molecule has 1 aliphatic rings. The molecule has 0 aliphatic carbocycles. The van der Waals surface area contributed by atoms with Gasteiger partial charge in [0.15, 0.2) is 0 Å². The quantitative estimate of drug-likeness (QED) is 0.475. The van der Waals surface area contributed by atoms with Crippen LogP contribution in [0.15, 0.2) is 30.3 Å². The Hall–Kier alpha value is -2.46. The Kier molecular flexibility index (Phi) is 4.63. The summed E-state index contributed by atoms with van der Waals surface area (Å²) in [6.45, 7) is 0.647. The van der Waals surface area contributed by atoms with Gasteiger partial charge in [-0.15, -0.1) is 0 Å². The number of likely N-dealkylation sites (tertiary alicyclic amines) is 1. The van der Waals surface area contributed by atoms with Crippen molar-refractivity contribution in [2.24, 2.45) is 0 Å². The van der Waals surface area contributed by atoms with E-state index in [0.717, 1.165) is 18.2 Å². The first-order valence-corrected chi connectivity index (χ1v) is 6.41. The molecule has 0 radical (unpaired) electrons. The molecule has 0 bridgehead atoms. The summed E-state index contributed by atoms with van der Waals surface area (Å²) in [6, 6.07) is 8.74. The van der Waals surface area contributed by atoms with Crippen LogP contribution >= 0.6 is 0 Å². The average Bonchev–Trinajstić information content (AvgIpc) is 2.96. The van der Waals surface area contributed by atoms with Gasteiger partial charge in [0, 0.05) is 6.54 Å². The second-order valence-electron chi connectivity index (χ2n) is 4.54. The molecule has 20 heavy (non-hydrogen) atoms. The van der Waals surface area contributed by atoms with Crippen LogP contribution in [0.2, 0.25) is 0 Å². The second-order valence-corrected chi connectivity index (χ2v) is 4.54. The van der Waals surface area contributed by atoms with Crippen LogP contribution in [-0.2, 0) is 16.1 Å². The molecule has 0 saturated carbocycles. The highest BCUT2D eigenvalue weighted by Crippen LogP contribution is 2.19. The summed E-state index contributed by atoms with van der Waals surface area (Å²) in [5.74, 6) is -0.387. The highest BCUT2D eigenvalue weighted by molar-refractivity contribution is 6.28. The van der Waals surface area contributed by atoms with E-state index in [1.54, 1.807) is 0 Å². The molecule has 0 N–H and O–H groups in total. The number of Topliss-reactive ketones (excluding diaryl/α,β-unsaturated/α-hetero) is 1. The zero-order valence-corrected chi connectivity index (χ0v) is 10.9. The van der Waals surface area contributed by atoms with Crippen molar-refractivity contribution in [3.8, 4) is 0 Å². The van der Waals surface area contributed by atoms with Gasteiger partial charge in [0.05, 0.1) is 0 Å². The van der Waals surface area contributed by atoms with Gasteiger partial charge in [0.25, 0.3) is 5.78 Å². The highest BCUT2D eigenvalue weighted by atomic mass is 16.6. The number of carbonyl (C=O) groups is 2. The van der Waals surface area contributed by atoms with Crippen molar-refractivity contribution in [2.45, 2.75) is 25.5 Å². The Labute approximate surface area is 116 Å². The summed E-state index contributed by atoms with van der Waals surface area (Å²) in [7, 11) is 0. The van der Waals surface area contributed by atoms with Crippen molar-refractivity contribution >= 4 is 18.1 Å². The summed E-state index contributed by atoms with van der Waals surface area (Å²) in [5, 5.41) is 0. The maximum absolute atomic E-state index is 12.0. The number of rotatable bonds is 4. The monoisotopic (exact) mass is 273 g/mol. The first kappa shape index (κ1) is 14.0. The van der Waals surface area contributed by atoms with E-state index in [4.69, 9.17) is 10.3 Å². The lowest BCUT2D eigenvalue weighted by atomic mass is 10.1. The molecular formula is C14H15N3O3. The van der Waals surface area contributed by atoms with E-state index in [-0.39, 0.29) is 12.4 Å². The first-order chi connectivity index (χ1) is 9.72. The van der Waals surface area contributed by atoms with Crippen LogP contribution in [-0.4, -0.2) is 40.4 Å². The fourth-order valence-electron chi connectivity index (χ4n) is 2.23. The van der Waals surface area contributed by atoms with Crippen molar-refractivity contribution in [1.29, 1.82) is 0 Å². The largest absolute Gasteiger partial charge is 0.445 e. The summed E-state index contributed by atoms with van der Waals surface area (Å²) in [5.41, 5.74) is 9.28. The minimum absolute atomic E-state index is 0.172. The van der Waals surface area contributed by atoms with E-state index in [9.17, 15) is 9.59 Å². The van der Waals surface area contributed by atoms with E-state index in [1.165, 1.54) is 4.90 Å². The van der Waals surface area contributed by atoms with Crippen molar-refractivity contribution < 1.29 is 19.1 Å². The third-order valence-electron chi connectivity index (χ3n) is 3.21. The SMILES string of the molecule is [N-]=[N+]=CC(=O)[C@@H]1CCCN1C(=O)OCc1ccccc1. The molecule has 1 fully saturated rings. The maximum Gasteiger partial charge on any atom is 0.410 e. The number of carbonyl (C=O) groups excluding carboxylic acids is 2. The van der Waals surface area contributed by atoms with Gasteiger partial charge in [0.2, 0.25) is 0 Å². The number of nitrogens with zero attached hydrogens (tertiary/aromatic N) is 3. The average molecular weight is 273 g/mol. The lowest BCUT2D eigenvalue weighted by molar-refractivity contribution is -0.119. The zero-order valence-electron chi connectivity index (χ0n) is 10.9. The number of amides is 1. The molecule has 1 atom stereocenters. The summed E-state index contributed by atoms with van der Waals surface area (Å²) in [4.78, 5) is 27.8. The standard InChI is InChI=1S/C14H15N3O3/c15-16-9-13(18)12-7-4-8-17(12)14(19)20-10-11-5-2-1-3-6-11/h1-3,5-6,9,12H,4,7-8,10H2/t12-/m0/s1. The van der Waals surface area contributed by atoms with Gasteiger partial charge < -0.3 is 10.3 Å². The number of ether oxygens (including phenoxy) is 1. The number of hydrogen-bond donors (Lipinski definition) is 0. The fourth-order valence-corrected chi connectivity index (χ4v) is 2.23. The van der Waals surface area contributed by atoms with Crippen LogP contribution in [0.1, 0.15) is 18.4 Å². The molecule has 1 aliphatic heterocycles. The third kappa shape index (κ3) is 3.30. The van der Waals surface area contributed by atoms with Crippen molar-refractivity contribution in [2.75, 3.05) is 6.54 Å². The smallest absolute Gasteiger partial charge is 0.410 e. The van der Waals surface area contributed by atoms with Crippen molar-refractivity contribution in [3.05, 3.63) is 41.4 Å². The predicted molar refractivity (Wildman–Crippen MR) is 71.0 cm³/mol. The summed E-state index contributed by atoms with van der Waals surface area (Å²) < 4.78 is 5.20. The molecule has 1 heterocycles. The van der Waals surface area contributed by atoms with Crippen LogP contribution < -0.4 is 0 Å². The molecule has 1 amide bonds. The van der Waals surface area contributed by atoms with Gasteiger partial charge in [-0.2, -0.15) is 4.79 Å². The Balaban J connectivity index is 1.94. The molecule has 6 heteroatoms. The lowest BCUT2D eigenvalue weighted by Gasteiger charge is -2.20. The van der Waals surface area contributed by atoms with Crippen molar-refractivity contribution in [3.63, 3.8) is 0 Å².